The molecule has 5 aromatic rings. The molecule has 8 aliphatic carbocycles. The number of amides is 5. The summed E-state index contributed by atoms with van der Waals surface area (Å²) in [5.74, 6) is 7.99. The van der Waals surface area contributed by atoms with E-state index in [1.165, 1.54) is 64.2 Å². The van der Waals surface area contributed by atoms with Crippen molar-refractivity contribution < 1.29 is 57.2 Å². The molecule has 4 saturated heterocycles. The first-order valence-corrected chi connectivity index (χ1v) is 45.2. The van der Waals surface area contributed by atoms with E-state index in [2.05, 4.69) is 118 Å². The number of rotatable bonds is 23. The van der Waals surface area contributed by atoms with Crippen LogP contribution in [0.1, 0.15) is 204 Å². The molecule has 5 N–H and O–H groups in total. The molecule has 0 bridgehead atoms. The molecule has 26 heteroatoms. The molecule has 8 unspecified atom stereocenters. The van der Waals surface area contributed by atoms with Crippen LogP contribution in [0.15, 0.2) is 48.8 Å². The lowest BCUT2D eigenvalue weighted by Crippen LogP contribution is -2.54. The lowest BCUT2D eigenvalue weighted by atomic mass is 9.44. The molecule has 113 heavy (non-hydrogen) atoms. The third kappa shape index (κ3) is 15.3. The van der Waals surface area contributed by atoms with Gasteiger partial charge < -0.3 is 54.8 Å². The summed E-state index contributed by atoms with van der Waals surface area (Å²) in [4.78, 5) is 90.8. The van der Waals surface area contributed by atoms with E-state index in [1.807, 2.05) is 45.3 Å². The predicted molar refractivity (Wildman–Crippen MR) is 432 cm³/mol. The standard InChI is InChI=1S/C87H120N12O12S2/c1-48(10-24-74(100)107-44-72-78-68(46-112-72)89-80(104)91-78)60-20-22-62-58-18-14-52-38-54(26-30-84(52,6)64(58)28-32-86(60,62)8)109-76(102)42-97-40-66(93-95-97)50-12-16-56-57-17-13-51(37-71(57)99(70(56)36-50)35-34-88-82(106)111-83(3,4)5)67-41-98(96-94-67)43-77(103)110-55-27-31-85(7)53(39-55)15-19-59-63-23-21-61(87(63,9)33-29-65(59)85)49(2)11-25-75(101)108-45-73-79-69(47-113-73)90-81(105)92-79/h12-13,16-17,36-37,40-41,48-49,52-55,58-65,68-69,72-73,78-79H,10-11,14-15,18-35,38-39,42-47H2,1-9H3,(H,88,106)(H2,89,91,104)(H2,90,92,105)/t48-,49-,52-,53-,54-,55-,58+,59+,60?,61?,62+,63+,64?,65?,68+,69+,72+,73+,78+,79+,84?,85?,86?,87?/m1/s1. The zero-order valence-electron chi connectivity index (χ0n) is 67.7. The highest BCUT2D eigenvalue weighted by Gasteiger charge is 2.63. The predicted octanol–water partition coefficient (Wildman–Crippen LogP) is 14.2. The van der Waals surface area contributed by atoms with Crippen LogP contribution in [-0.4, -0.2) is 160 Å². The van der Waals surface area contributed by atoms with Crippen LogP contribution in [0.4, 0.5) is 14.4 Å². The molecule has 3 aromatic heterocycles. The Bertz CT molecular complexity index is 4190. The number of alkyl carbamates (subject to hydrolysis) is 1. The van der Waals surface area contributed by atoms with Crippen LogP contribution in [0.5, 0.6) is 0 Å². The SMILES string of the molecule is C[C@H](CCC(=O)OC[C@@H]1SC[C@@H]2NC(=O)N[C@@H]21)C1CC[C@H]2[C@@H]3CC[C@@H]4C[C@H](OC(=O)Cn5cc(-c6ccc7c8ccc(-c9cn(CC(=O)O[C@@H]%10CCC%11(C)C%12CCC%13(C)C([C@H](C)CCC(=O)OC[C@@H]%14SC[C@@H]%15NC(=O)N[C@@H]%15%14)CC[C@H]%13[C@@H]%12CC[C@@H]%11C%10)nn9)cc8n(CCNC(=O)OC(C)(C)C)c7c6)nn5)CCC4(C)C3CCC12C. The molecule has 7 heterocycles. The van der Waals surface area contributed by atoms with Gasteiger partial charge in [0.05, 0.1) is 47.1 Å². The molecule has 5 amide bonds. The average molecular weight is 1590 g/mol. The maximum Gasteiger partial charge on any atom is 0.407 e. The van der Waals surface area contributed by atoms with E-state index in [-0.39, 0.29) is 124 Å². The van der Waals surface area contributed by atoms with Crippen molar-refractivity contribution in [2.75, 3.05) is 31.3 Å². The molecule has 12 fully saturated rings. The minimum Gasteiger partial charge on any atom is -0.464 e. The van der Waals surface area contributed by atoms with Gasteiger partial charge in [0.2, 0.25) is 0 Å². The second-order valence-electron chi connectivity index (χ2n) is 38.8. The topological polar surface area (TPSA) is 292 Å². The van der Waals surface area contributed by atoms with Gasteiger partial charge in [-0.15, -0.1) is 10.2 Å². The lowest BCUT2D eigenvalue weighted by Gasteiger charge is -2.61. The molecule has 612 valence electrons. The first-order chi connectivity index (χ1) is 54.2. The summed E-state index contributed by atoms with van der Waals surface area (Å²) in [5, 5.41) is 35.2. The minimum absolute atomic E-state index is 0.0169. The first-order valence-electron chi connectivity index (χ1n) is 43.1. The highest BCUT2D eigenvalue weighted by Crippen LogP contribution is 2.71. The number of nitrogens with zero attached hydrogens (tertiary/aromatic N) is 7. The normalized spacial score (nSPS) is 36.5. The summed E-state index contributed by atoms with van der Waals surface area (Å²) >= 11 is 3.52. The molecular weight excluding hydrogens is 1470 g/mol. The fourth-order valence-corrected chi connectivity index (χ4v) is 29.0. The summed E-state index contributed by atoms with van der Waals surface area (Å²) in [6, 6.07) is 12.4. The molecule has 24 atom stereocenters. The molecule has 17 rings (SSSR count). The largest absolute Gasteiger partial charge is 0.464 e. The maximum absolute atomic E-state index is 13.9. The van der Waals surface area contributed by atoms with Gasteiger partial charge in [0.15, 0.2) is 0 Å². The summed E-state index contributed by atoms with van der Waals surface area (Å²) in [7, 11) is 0. The second kappa shape index (κ2) is 31.1. The number of fused-ring (bicyclic) bond motifs is 15. The minimum atomic E-state index is -0.666. The zero-order chi connectivity index (χ0) is 78.6. The number of nitrogens with one attached hydrogen (secondary N) is 5. The van der Waals surface area contributed by atoms with E-state index in [1.54, 1.807) is 32.9 Å². The van der Waals surface area contributed by atoms with Crippen LogP contribution in [0, 0.1) is 92.7 Å². The third-order valence-corrected chi connectivity index (χ3v) is 34.6. The van der Waals surface area contributed by atoms with Gasteiger partial charge in [-0.2, -0.15) is 23.5 Å². The monoisotopic (exact) mass is 1590 g/mol. The fraction of sp³-hybridized carbons (Fsp3) is 0.736. The first kappa shape index (κ1) is 78.4. The number of benzene rings is 2. The van der Waals surface area contributed by atoms with Crippen molar-refractivity contribution >= 4 is 87.4 Å². The van der Waals surface area contributed by atoms with Crippen LogP contribution < -0.4 is 26.6 Å². The van der Waals surface area contributed by atoms with E-state index >= 15 is 0 Å². The average Bonchev–Trinajstić information content (AvgIpc) is 1.68. The molecule has 0 radical (unpaired) electrons. The molecule has 4 aliphatic heterocycles. The summed E-state index contributed by atoms with van der Waals surface area (Å²) in [5.41, 5.74) is 4.98. The van der Waals surface area contributed by atoms with Gasteiger partial charge in [-0.3, -0.25) is 19.2 Å². The second-order valence-corrected chi connectivity index (χ2v) is 41.4. The van der Waals surface area contributed by atoms with Gasteiger partial charge >= 0.3 is 42.0 Å². The number of thioether (sulfide) groups is 2. The van der Waals surface area contributed by atoms with Gasteiger partial charge in [-0.05, 0) is 254 Å². The number of carbonyl (C=O) groups excluding carboxylic acids is 7. The van der Waals surface area contributed by atoms with Gasteiger partial charge in [0.25, 0.3) is 0 Å². The highest BCUT2D eigenvalue weighted by molar-refractivity contribution is 8.00. The van der Waals surface area contributed by atoms with Gasteiger partial charge in [-0.1, -0.05) is 76.2 Å². The van der Waals surface area contributed by atoms with Crippen molar-refractivity contribution in [3.8, 4) is 22.5 Å². The summed E-state index contributed by atoms with van der Waals surface area (Å²) in [6.07, 6.45) is 25.7. The Morgan fingerprint density at radius 3 is 1.45 bits per heavy atom. The van der Waals surface area contributed by atoms with Crippen LogP contribution in [0.3, 0.4) is 0 Å². The number of aromatic nitrogens is 7. The Morgan fingerprint density at radius 1 is 0.558 bits per heavy atom. The highest BCUT2D eigenvalue weighted by atomic mass is 32.2. The smallest absolute Gasteiger partial charge is 0.407 e. The van der Waals surface area contributed by atoms with E-state index < -0.39 is 11.7 Å². The van der Waals surface area contributed by atoms with E-state index in [4.69, 9.17) is 23.7 Å². The number of ether oxygens (including phenoxy) is 5. The molecular formula is C87H120N12O12S2. The van der Waals surface area contributed by atoms with E-state index in [0.29, 0.717) is 115 Å². The fourth-order valence-electron chi connectivity index (χ4n) is 26.2. The van der Waals surface area contributed by atoms with Crippen molar-refractivity contribution in [3.63, 3.8) is 0 Å². The Hall–Kier alpha value is -7.09. The van der Waals surface area contributed by atoms with Gasteiger partial charge in [0.1, 0.15) is 55.5 Å². The number of urea groups is 2. The van der Waals surface area contributed by atoms with E-state index in [0.717, 1.165) is 109 Å². The Morgan fingerprint density at radius 2 is 1.00 bits per heavy atom. The van der Waals surface area contributed by atoms with Gasteiger partial charge in [0, 0.05) is 70.4 Å². The number of carbonyl (C=O) groups is 7. The Labute approximate surface area is 672 Å². The van der Waals surface area contributed by atoms with Crippen molar-refractivity contribution in [2.24, 2.45) is 92.7 Å². The molecule has 24 nitrogen and oxygen atoms in total. The van der Waals surface area contributed by atoms with Crippen molar-refractivity contribution in [1.29, 1.82) is 0 Å². The molecule has 0 spiro atoms. The van der Waals surface area contributed by atoms with Crippen molar-refractivity contribution in [2.45, 2.75) is 276 Å². The van der Waals surface area contributed by atoms with Crippen LogP contribution >= 0.6 is 23.5 Å². The Balaban J connectivity index is 0.488. The summed E-state index contributed by atoms with van der Waals surface area (Å²) < 4.78 is 35.3. The van der Waals surface area contributed by atoms with Gasteiger partial charge in [-0.25, -0.2) is 23.7 Å². The number of esters is 4. The quantitative estimate of drug-likeness (QED) is 0.0231. The molecule has 12 aliphatic rings. The van der Waals surface area contributed by atoms with Crippen molar-refractivity contribution in [1.82, 2.24) is 61.1 Å². The lowest BCUT2D eigenvalue weighted by molar-refractivity contribution is -0.164. The molecule has 2 aromatic carbocycles. The van der Waals surface area contributed by atoms with E-state index in [9.17, 15) is 33.6 Å². The zero-order valence-corrected chi connectivity index (χ0v) is 69.4. The maximum atomic E-state index is 13.9. The molecule has 8 saturated carbocycles. The number of hydrogen-bond acceptors (Lipinski definition) is 18. The van der Waals surface area contributed by atoms with Crippen molar-refractivity contribution in [3.05, 3.63) is 48.8 Å². The number of hydrogen-bond donors (Lipinski definition) is 5. The Kier molecular flexibility index (Phi) is 21.6. The van der Waals surface area contributed by atoms with Crippen LogP contribution in [0.2, 0.25) is 0 Å². The summed E-state index contributed by atoms with van der Waals surface area (Å²) in [6.45, 7) is 21.8. The van der Waals surface area contributed by atoms with Crippen LogP contribution in [-0.2, 0) is 62.5 Å². The third-order valence-electron chi connectivity index (χ3n) is 31.8. The van der Waals surface area contributed by atoms with Crippen LogP contribution in [0.25, 0.3) is 44.3 Å².